The van der Waals surface area contributed by atoms with Gasteiger partial charge in [0.15, 0.2) is 0 Å². The summed E-state index contributed by atoms with van der Waals surface area (Å²) in [6.07, 6.45) is 1.84. The van der Waals surface area contributed by atoms with E-state index >= 15 is 0 Å². The van der Waals surface area contributed by atoms with Gasteiger partial charge in [0.1, 0.15) is 0 Å². The van der Waals surface area contributed by atoms with Crippen LogP contribution < -0.4 is 21.3 Å². The summed E-state index contributed by atoms with van der Waals surface area (Å²) < 4.78 is 0. The fraction of sp³-hybridized carbons (Fsp3) is 0.323. The summed E-state index contributed by atoms with van der Waals surface area (Å²) in [6.45, 7) is 3.60. The highest BCUT2D eigenvalue weighted by atomic mass is 16.3. The zero-order chi connectivity index (χ0) is 27.8. The Labute approximate surface area is 229 Å². The van der Waals surface area contributed by atoms with Crippen molar-refractivity contribution in [3.05, 3.63) is 101 Å². The highest BCUT2D eigenvalue weighted by Gasteiger charge is 2.27. The lowest BCUT2D eigenvalue weighted by Gasteiger charge is -2.25. The number of aliphatic hydroxyl groups is 1. The molecule has 8 nitrogen and oxygen atoms in total. The zero-order valence-corrected chi connectivity index (χ0v) is 22.3. The Morgan fingerprint density at radius 3 is 2.21 bits per heavy atom. The van der Waals surface area contributed by atoms with E-state index in [0.29, 0.717) is 24.7 Å². The first-order valence-corrected chi connectivity index (χ1v) is 13.3. The van der Waals surface area contributed by atoms with Crippen LogP contribution >= 0.6 is 0 Å². The molecule has 0 bridgehead atoms. The van der Waals surface area contributed by atoms with Crippen molar-refractivity contribution >= 4 is 23.4 Å². The molecule has 0 aromatic heterocycles. The number of rotatable bonds is 12. The number of nitrogens with one attached hydrogen (secondary N) is 4. The monoisotopic (exact) mass is 528 g/mol. The lowest BCUT2D eigenvalue weighted by molar-refractivity contribution is -0.114. The summed E-state index contributed by atoms with van der Waals surface area (Å²) in [5, 5.41) is 22.9. The van der Waals surface area contributed by atoms with Crippen molar-refractivity contribution < 1.29 is 19.5 Å². The minimum Gasteiger partial charge on any atom is -0.390 e. The molecule has 3 atom stereocenters. The van der Waals surface area contributed by atoms with E-state index in [2.05, 4.69) is 21.3 Å². The van der Waals surface area contributed by atoms with Crippen LogP contribution in [0.1, 0.15) is 64.6 Å². The molecule has 1 aliphatic carbocycles. The standard InChI is InChI=1S/C31H36N4O4/c1-20(23-11-7-4-8-12-23)33-31(39)26-18-24(13-16-27(26)34-21(2)36)30(38)35-28(17-22-9-5-3-6-10-22)29(37)19-32-25-14-15-25/h3-13,16,18,20,25,28-29,32,37H,14-15,17,19H2,1-2H3,(H,33,39)(H,34,36)(H,35,38)/t20-,28+,29-/m1/s1. The molecule has 8 heteroatoms. The van der Waals surface area contributed by atoms with E-state index in [0.717, 1.165) is 24.0 Å². The van der Waals surface area contributed by atoms with Crippen molar-refractivity contribution in [3.63, 3.8) is 0 Å². The van der Waals surface area contributed by atoms with Gasteiger partial charge in [0.2, 0.25) is 5.91 Å². The molecule has 1 aliphatic rings. The van der Waals surface area contributed by atoms with E-state index in [-0.39, 0.29) is 23.1 Å². The second-order valence-corrected chi connectivity index (χ2v) is 10.1. The van der Waals surface area contributed by atoms with Crippen molar-refractivity contribution in [1.82, 2.24) is 16.0 Å². The Bertz CT molecular complexity index is 1280. The summed E-state index contributed by atoms with van der Waals surface area (Å²) in [5.41, 5.74) is 2.66. The lowest BCUT2D eigenvalue weighted by Crippen LogP contribution is -2.49. The largest absolute Gasteiger partial charge is 0.390 e. The molecule has 0 spiro atoms. The molecule has 0 aliphatic heterocycles. The summed E-state index contributed by atoms with van der Waals surface area (Å²) in [6, 6.07) is 23.4. The van der Waals surface area contributed by atoms with Crippen LogP contribution in [0.5, 0.6) is 0 Å². The van der Waals surface area contributed by atoms with Crippen molar-refractivity contribution in [1.29, 1.82) is 0 Å². The molecule has 3 aromatic carbocycles. The van der Waals surface area contributed by atoms with Crippen molar-refractivity contribution in [3.8, 4) is 0 Å². The smallest absolute Gasteiger partial charge is 0.253 e. The molecule has 0 heterocycles. The summed E-state index contributed by atoms with van der Waals surface area (Å²) in [5.74, 6) is -1.16. The summed E-state index contributed by atoms with van der Waals surface area (Å²) >= 11 is 0. The number of anilines is 1. The van der Waals surface area contributed by atoms with Crippen molar-refractivity contribution in [2.75, 3.05) is 11.9 Å². The third-order valence-electron chi connectivity index (χ3n) is 6.76. The van der Waals surface area contributed by atoms with E-state index < -0.39 is 24.0 Å². The first-order valence-electron chi connectivity index (χ1n) is 13.3. The van der Waals surface area contributed by atoms with Gasteiger partial charge in [-0.2, -0.15) is 0 Å². The summed E-state index contributed by atoms with van der Waals surface area (Å²) in [4.78, 5) is 38.5. The fourth-order valence-corrected chi connectivity index (χ4v) is 4.39. The van der Waals surface area contributed by atoms with Gasteiger partial charge >= 0.3 is 0 Å². The number of benzene rings is 3. The summed E-state index contributed by atoms with van der Waals surface area (Å²) in [7, 11) is 0. The average Bonchev–Trinajstić information content (AvgIpc) is 3.77. The third-order valence-corrected chi connectivity index (χ3v) is 6.76. The molecule has 0 saturated heterocycles. The van der Waals surface area contributed by atoms with Crippen LogP contribution in [0.2, 0.25) is 0 Å². The highest BCUT2D eigenvalue weighted by Crippen LogP contribution is 2.21. The molecule has 0 unspecified atom stereocenters. The molecule has 1 fully saturated rings. The van der Waals surface area contributed by atoms with Crippen molar-refractivity contribution in [2.24, 2.45) is 0 Å². The topological polar surface area (TPSA) is 120 Å². The normalized spacial score (nSPS) is 15.1. The van der Waals surface area contributed by atoms with E-state index in [1.807, 2.05) is 67.6 Å². The zero-order valence-electron chi connectivity index (χ0n) is 22.3. The molecule has 1 saturated carbocycles. The molecular formula is C31H36N4O4. The van der Waals surface area contributed by atoms with Crippen LogP contribution in [-0.4, -0.2) is 47.6 Å². The van der Waals surface area contributed by atoms with E-state index in [4.69, 9.17) is 0 Å². The van der Waals surface area contributed by atoms with Crippen LogP contribution in [0.3, 0.4) is 0 Å². The Hall–Kier alpha value is -4.01. The molecule has 3 aromatic rings. The van der Waals surface area contributed by atoms with E-state index in [1.54, 1.807) is 12.1 Å². The quantitative estimate of drug-likeness (QED) is 0.246. The number of hydrogen-bond acceptors (Lipinski definition) is 5. The van der Waals surface area contributed by atoms with Gasteiger partial charge in [0, 0.05) is 25.1 Å². The Morgan fingerprint density at radius 2 is 1.56 bits per heavy atom. The Balaban J connectivity index is 1.54. The fourth-order valence-electron chi connectivity index (χ4n) is 4.39. The molecule has 5 N–H and O–H groups in total. The van der Waals surface area contributed by atoms with Gasteiger partial charge in [-0.15, -0.1) is 0 Å². The predicted molar refractivity (Wildman–Crippen MR) is 152 cm³/mol. The molecular weight excluding hydrogens is 492 g/mol. The lowest BCUT2D eigenvalue weighted by atomic mass is 9.99. The highest BCUT2D eigenvalue weighted by molar-refractivity contribution is 6.06. The number of hydrogen-bond donors (Lipinski definition) is 5. The molecule has 3 amide bonds. The SMILES string of the molecule is CC(=O)Nc1ccc(C(=O)N[C@@H](Cc2ccccc2)[C@H](O)CNC2CC2)cc1C(=O)N[C@H](C)c1ccccc1. The Kier molecular flexibility index (Phi) is 9.46. The molecule has 39 heavy (non-hydrogen) atoms. The van der Waals surface area contributed by atoms with Crippen LogP contribution in [-0.2, 0) is 11.2 Å². The van der Waals surface area contributed by atoms with Gasteiger partial charge in [0.25, 0.3) is 11.8 Å². The van der Waals surface area contributed by atoms with E-state index in [1.165, 1.54) is 13.0 Å². The first kappa shape index (κ1) is 28.0. The maximum absolute atomic E-state index is 13.4. The molecule has 0 radical (unpaired) electrons. The second-order valence-electron chi connectivity index (χ2n) is 10.1. The molecule has 4 rings (SSSR count). The maximum atomic E-state index is 13.4. The third kappa shape index (κ3) is 8.24. The first-order chi connectivity index (χ1) is 18.8. The van der Waals surface area contributed by atoms with Gasteiger partial charge in [-0.3, -0.25) is 14.4 Å². The maximum Gasteiger partial charge on any atom is 0.253 e. The number of amides is 3. The Morgan fingerprint density at radius 1 is 0.897 bits per heavy atom. The van der Waals surface area contributed by atoms with Gasteiger partial charge in [-0.25, -0.2) is 0 Å². The van der Waals surface area contributed by atoms with Crippen molar-refractivity contribution in [2.45, 2.75) is 57.3 Å². The minimum absolute atomic E-state index is 0.177. The van der Waals surface area contributed by atoms with Gasteiger partial charge in [0.05, 0.1) is 29.4 Å². The van der Waals surface area contributed by atoms with Gasteiger partial charge in [-0.1, -0.05) is 60.7 Å². The van der Waals surface area contributed by atoms with Gasteiger partial charge in [-0.05, 0) is 55.5 Å². The number of aliphatic hydroxyl groups excluding tert-OH is 1. The predicted octanol–water partition coefficient (Wildman–Crippen LogP) is 3.59. The van der Waals surface area contributed by atoms with Crippen LogP contribution in [0.25, 0.3) is 0 Å². The average molecular weight is 529 g/mol. The number of carbonyl (C=O) groups excluding carboxylic acids is 3. The van der Waals surface area contributed by atoms with Crippen LogP contribution in [0.15, 0.2) is 78.9 Å². The minimum atomic E-state index is -0.803. The van der Waals surface area contributed by atoms with Crippen LogP contribution in [0, 0.1) is 0 Å². The van der Waals surface area contributed by atoms with E-state index in [9.17, 15) is 19.5 Å². The second kappa shape index (κ2) is 13.2. The molecule has 204 valence electrons. The van der Waals surface area contributed by atoms with Gasteiger partial charge < -0.3 is 26.4 Å². The van der Waals surface area contributed by atoms with Crippen LogP contribution in [0.4, 0.5) is 5.69 Å². The number of carbonyl (C=O) groups is 3.